The topological polar surface area (TPSA) is 363 Å². The van der Waals surface area contributed by atoms with Crippen molar-refractivity contribution in [2.45, 2.75) is 35.5 Å². The van der Waals surface area contributed by atoms with Crippen LogP contribution in [0.3, 0.4) is 0 Å². The van der Waals surface area contributed by atoms with E-state index in [2.05, 4.69) is 78.2 Å². The Morgan fingerprint density at radius 2 is 0.782 bits per heavy atom. The largest absolute Gasteiger partial charge is 0.497 e. The molecule has 7 aromatic carbocycles. The lowest BCUT2D eigenvalue weighted by Gasteiger charge is -2.08. The number of aromatic nitrogens is 12. The Hall–Kier alpha value is -12.0. The van der Waals surface area contributed by atoms with Crippen LogP contribution >= 0.6 is 73.1 Å². The van der Waals surface area contributed by atoms with Crippen LogP contribution in [0, 0.1) is 20.8 Å². The summed E-state index contributed by atoms with van der Waals surface area (Å²) >= 11 is 20.4. The van der Waals surface area contributed by atoms with Gasteiger partial charge in [-0.05, 0) is 248 Å². The number of nitrogens with zero attached hydrogens (tertiary/aromatic N) is 11. The Morgan fingerprint density at radius 1 is 0.395 bits per heavy atom. The lowest BCUT2D eigenvalue weighted by atomic mass is 9.79. The molecule has 27 nitrogen and oxygen atoms in total. The number of pyridine rings is 4. The minimum Gasteiger partial charge on any atom is -0.497 e. The zero-order chi connectivity index (χ0) is 88.2. The van der Waals surface area contributed by atoms with E-state index in [0.29, 0.717) is 87.3 Å². The van der Waals surface area contributed by atoms with Gasteiger partial charge in [-0.25, -0.2) is 19.9 Å². The van der Waals surface area contributed by atoms with E-state index in [0.717, 1.165) is 79.2 Å². The van der Waals surface area contributed by atoms with Crippen molar-refractivity contribution in [2.75, 3.05) is 35.5 Å². The summed E-state index contributed by atoms with van der Waals surface area (Å²) in [6, 6.07) is 60.0. The molecule has 0 aliphatic heterocycles. The number of thiophene rings is 3. The van der Waals surface area contributed by atoms with E-state index in [1.54, 1.807) is 188 Å². The quantitative estimate of drug-likeness (QED) is 0.0498. The third kappa shape index (κ3) is 19.8. The fourth-order valence-corrected chi connectivity index (χ4v) is 19.4. The van der Waals surface area contributed by atoms with Gasteiger partial charge in [0.25, 0.3) is 30.1 Å². The molecule has 0 unspecified atom stereocenters. The van der Waals surface area contributed by atoms with Crippen LogP contribution in [0.1, 0.15) is 16.7 Å². The van der Waals surface area contributed by atoms with Gasteiger partial charge in [0, 0.05) is 53.0 Å². The van der Waals surface area contributed by atoms with Gasteiger partial charge < -0.3 is 43.8 Å². The molecule has 11 heterocycles. The second kappa shape index (κ2) is 39.7. The highest BCUT2D eigenvalue weighted by Crippen LogP contribution is 2.41. The number of hydrogen-bond acceptors (Lipinski definition) is 26. The smallest absolute Gasteiger partial charge is 0.492 e. The highest BCUT2D eigenvalue weighted by molar-refractivity contribution is 9.10. The minimum absolute atomic E-state index is 0.130. The zero-order valence-corrected chi connectivity index (χ0v) is 74.8. The molecule has 0 aliphatic rings. The minimum atomic E-state index is -3.95. The highest BCUT2D eigenvalue weighted by atomic mass is 79.9. The van der Waals surface area contributed by atoms with E-state index < -0.39 is 44.3 Å². The Kier molecular flexibility index (Phi) is 28.7. The van der Waals surface area contributed by atoms with Gasteiger partial charge in [0.2, 0.25) is 0 Å². The predicted molar refractivity (Wildman–Crippen MR) is 492 cm³/mol. The van der Waals surface area contributed by atoms with E-state index in [-0.39, 0.29) is 26.0 Å². The lowest BCUT2D eigenvalue weighted by Crippen LogP contribution is -2.31. The van der Waals surface area contributed by atoms with Crippen LogP contribution in [-0.4, -0.2) is 153 Å². The van der Waals surface area contributed by atoms with Crippen LogP contribution in [0.15, 0.2) is 283 Å². The van der Waals surface area contributed by atoms with Crippen molar-refractivity contribution in [2.24, 2.45) is 0 Å². The van der Waals surface area contributed by atoms with Gasteiger partial charge in [-0.1, -0.05) is 88.4 Å². The highest BCUT2D eigenvalue weighted by Gasteiger charge is 2.30. The maximum absolute atomic E-state index is 13.5. The number of rotatable bonds is 18. The molecule has 0 spiro atoms. The van der Waals surface area contributed by atoms with Crippen molar-refractivity contribution in [1.82, 2.24) is 57.7 Å². The third-order valence-electron chi connectivity index (χ3n) is 18.9. The number of hydrogen-bond donors (Lipinski definition) is 5. The number of aromatic amines is 1. The monoisotopic (exact) mass is 1880 g/mol. The van der Waals surface area contributed by atoms with E-state index in [1.807, 2.05) is 98.3 Å². The van der Waals surface area contributed by atoms with E-state index in [4.69, 9.17) is 67.0 Å². The molecule has 38 heteroatoms. The van der Waals surface area contributed by atoms with Crippen LogP contribution in [0.2, 0.25) is 10.0 Å². The van der Waals surface area contributed by atoms with Gasteiger partial charge in [-0.3, -0.25) is 5.10 Å². The predicted octanol–water partition coefficient (Wildman–Crippen LogP) is 16.3. The first-order valence-corrected chi connectivity index (χ1v) is 45.7. The molecular weight excluding hydrogens is 1810 g/mol. The van der Waals surface area contributed by atoms with Crippen LogP contribution in [0.5, 0.6) is 28.7 Å². The molecule has 630 valence electrons. The van der Waals surface area contributed by atoms with Gasteiger partial charge in [-0.2, -0.15) is 74.6 Å². The van der Waals surface area contributed by atoms with Gasteiger partial charge in [0.05, 0.1) is 87.5 Å². The number of methoxy groups -OCH3 is 5. The van der Waals surface area contributed by atoms with Gasteiger partial charge >= 0.3 is 14.2 Å². The van der Waals surface area contributed by atoms with Gasteiger partial charge in [0.15, 0.2) is 22.6 Å². The average Bonchev–Trinajstić information content (AvgIpc) is 1.59. The zero-order valence-electron chi connectivity index (χ0n) is 66.8. The molecule has 124 heavy (non-hydrogen) atoms. The molecule has 0 aliphatic carbocycles. The molecule has 0 atom stereocenters. The summed E-state index contributed by atoms with van der Waals surface area (Å²) in [4.78, 5) is 17.6. The molecule has 0 bridgehead atoms. The summed E-state index contributed by atoms with van der Waals surface area (Å²) in [7, 11) is -6.70. The molecule has 0 saturated carbocycles. The lowest BCUT2D eigenvalue weighted by molar-refractivity contribution is 0.390. The Labute approximate surface area is 743 Å². The number of ether oxygens (including phenoxy) is 5. The second-order valence-corrected chi connectivity index (χ2v) is 36.0. The first-order chi connectivity index (χ1) is 59.7. The van der Waals surface area contributed by atoms with Crippen LogP contribution in [0.25, 0.3) is 100 Å². The van der Waals surface area contributed by atoms with Crippen molar-refractivity contribution in [3.63, 3.8) is 0 Å². The number of aryl methyl sites for hydroxylation is 3. The second-order valence-electron chi connectivity index (χ2n) is 26.8. The maximum atomic E-state index is 13.5. The number of fused-ring (bicyclic) bond motifs is 4. The molecule has 0 radical (unpaired) electrons. The summed E-state index contributed by atoms with van der Waals surface area (Å²) in [6.45, 7) is 5.69. The summed E-state index contributed by atoms with van der Waals surface area (Å²) < 4.78 is 108. The number of nitrogens with one attached hydrogen (secondary N) is 1. The molecule has 0 fully saturated rings. The number of halogens is 3. The van der Waals surface area contributed by atoms with E-state index >= 15 is 0 Å². The molecule has 0 saturated heterocycles. The molecule has 0 amide bonds. The fraction of sp³-hybridized carbons (Fsp3) is 0.0930. The van der Waals surface area contributed by atoms with Gasteiger partial charge in [-0.15, -0.1) is 17.4 Å². The van der Waals surface area contributed by atoms with Crippen LogP contribution < -0.4 is 34.6 Å². The summed E-state index contributed by atoms with van der Waals surface area (Å²) in [5.74, 6) is 3.24. The summed E-state index contributed by atoms with van der Waals surface area (Å²) in [6.07, 6.45) is 6.33. The summed E-state index contributed by atoms with van der Waals surface area (Å²) in [5, 5.41) is 70.4. The Balaban J connectivity index is 0.000000133. The van der Waals surface area contributed by atoms with E-state index in [1.165, 1.54) is 55.6 Å². The van der Waals surface area contributed by atoms with Crippen molar-refractivity contribution in [3.05, 3.63) is 295 Å². The number of benzene rings is 7. The van der Waals surface area contributed by atoms with Gasteiger partial charge in [0.1, 0.15) is 44.7 Å². The Bertz CT molecular complexity index is 7090. The maximum Gasteiger partial charge on any atom is 0.492 e. The average molecular weight is 1880 g/mol. The molecule has 18 rings (SSSR count). The Morgan fingerprint density at radius 3 is 1.19 bits per heavy atom. The van der Waals surface area contributed by atoms with Crippen molar-refractivity contribution in [1.29, 1.82) is 0 Å². The van der Waals surface area contributed by atoms with Crippen molar-refractivity contribution in [3.8, 4) is 84.8 Å². The molecule has 11 aromatic heterocycles. The third-order valence-corrected chi connectivity index (χ3v) is 26.9. The summed E-state index contributed by atoms with van der Waals surface area (Å²) in [5.41, 5.74) is 13.9. The van der Waals surface area contributed by atoms with Crippen LogP contribution in [-0.2, 0) is 30.1 Å². The van der Waals surface area contributed by atoms with Crippen molar-refractivity contribution >= 4 is 173 Å². The van der Waals surface area contributed by atoms with E-state index in [9.17, 15) is 25.3 Å². The van der Waals surface area contributed by atoms with Crippen LogP contribution in [0.4, 0.5) is 0 Å². The SMILES string of the molecule is COc1ccc(-c2[nH]nc3nccc(-c4ccsc4)c23)cc1.COc1ccc(-c2nn(S(=O)(=O)c3ccc(C)cc3)c3nccc(-c4ccsc4)c23)cc1.COc1ccc(-c2nn(S(=O)(=O)c3ccc(C)cc3)c3nccc(Cl)c23)cc1.COc1ccc(B(O)O)c(OC)c1.Cc1ccc(S(=O)(=O)n2nc(Br)c3c(Cl)ccnc32)cc1.OB(O)c1ccsc1. The number of H-pyrrole nitrogens is 1. The van der Waals surface area contributed by atoms with Crippen molar-refractivity contribution < 1.29 is 69.0 Å². The molecular formula is C86H73B2BrCl2N12O15S6. The standard InChI is InChI=1S/C24H19N3O3S2.C20H16ClN3O3S.C17H13N3OS.C13H9BrClN3O2S.C8H11BO4.C4H5BO2S/c1-16-3-9-20(10-4-16)32(28,29)27-24-22(21(11-13-25-24)18-12-14-31-15-18)23(26-27)17-5-7-19(30-2)8-6-17;1-13-3-9-16(10-4-13)28(25,26)24-20-18(17(21)11-12-22-20)19(23-24)14-5-7-15(27-2)8-6-14;1-21-13-4-2-11(3-5-13)16-15-14(12-7-9-22-10-12)6-8-18-17(15)20-19-16;1-8-2-4-9(5-3-8)21(19,20)18-13-11(12(14)17-18)10(15)6-7-16-13;1-12-6-3-4-7(9(10)11)8(5-6)13-2;6-5(7)4-1-2-8-3-4/h3-15H,1-2H3;3-12H,1-2H3;2-10H,1H3,(H,18,19,20);2-7H,1H3;3-5,10-11H,1-2H3;1-3,6-7H. The molecule has 5 N–H and O–H groups in total. The first kappa shape index (κ1) is 89.7. The molecule has 18 aromatic rings. The first-order valence-electron chi connectivity index (χ1n) is 37.0. The normalized spacial score (nSPS) is 11.2. The fourth-order valence-electron chi connectivity index (χ4n) is 12.5.